The molecule has 1 N–H and O–H groups in total. The van der Waals surface area contributed by atoms with Gasteiger partial charge in [0.25, 0.3) is 5.91 Å². The second-order valence-corrected chi connectivity index (χ2v) is 6.98. The molecule has 2 fully saturated rings. The molecule has 1 aliphatic carbocycles. The van der Waals surface area contributed by atoms with Crippen LogP contribution in [0.5, 0.6) is 0 Å². The van der Waals surface area contributed by atoms with Gasteiger partial charge in [0.1, 0.15) is 6.10 Å². The van der Waals surface area contributed by atoms with Crippen LogP contribution in [0.25, 0.3) is 0 Å². The standard InChI is InChI=1S/C18H33NO4/c1-15(23-14-17-9-5-6-12-22-17)18(21)19(10-11-20)13-16-7-3-2-4-8-16/h15-17,20H,2-14H2,1H3. The first-order valence-corrected chi connectivity index (χ1v) is 9.33. The van der Waals surface area contributed by atoms with E-state index >= 15 is 0 Å². The number of hydrogen-bond acceptors (Lipinski definition) is 4. The van der Waals surface area contributed by atoms with E-state index in [-0.39, 0.29) is 18.6 Å². The number of carbonyl (C=O) groups is 1. The number of hydrogen-bond donors (Lipinski definition) is 1. The van der Waals surface area contributed by atoms with Gasteiger partial charge in [-0.15, -0.1) is 0 Å². The summed E-state index contributed by atoms with van der Waals surface area (Å²) in [6, 6.07) is 0. The van der Waals surface area contributed by atoms with E-state index in [0.717, 1.165) is 26.0 Å². The van der Waals surface area contributed by atoms with Gasteiger partial charge in [-0.3, -0.25) is 4.79 Å². The summed E-state index contributed by atoms with van der Waals surface area (Å²) in [5.41, 5.74) is 0. The summed E-state index contributed by atoms with van der Waals surface area (Å²) in [5, 5.41) is 9.28. The Bertz CT molecular complexity index is 338. The Hall–Kier alpha value is -0.650. The summed E-state index contributed by atoms with van der Waals surface area (Å²) in [6.07, 6.45) is 9.20. The molecule has 2 aliphatic rings. The van der Waals surface area contributed by atoms with Crippen LogP contribution >= 0.6 is 0 Å². The van der Waals surface area contributed by atoms with E-state index in [1.807, 2.05) is 6.92 Å². The number of amides is 1. The Morgan fingerprint density at radius 2 is 1.96 bits per heavy atom. The molecule has 0 aromatic carbocycles. The molecule has 0 spiro atoms. The van der Waals surface area contributed by atoms with Crippen LogP contribution in [0.4, 0.5) is 0 Å². The summed E-state index contributed by atoms with van der Waals surface area (Å²) in [4.78, 5) is 14.4. The van der Waals surface area contributed by atoms with Gasteiger partial charge in [0.15, 0.2) is 0 Å². The van der Waals surface area contributed by atoms with Crippen LogP contribution in [-0.4, -0.2) is 61.0 Å². The Balaban J connectivity index is 1.77. The third kappa shape index (κ3) is 6.40. The summed E-state index contributed by atoms with van der Waals surface area (Å²) in [7, 11) is 0. The lowest BCUT2D eigenvalue weighted by Crippen LogP contribution is -2.44. The van der Waals surface area contributed by atoms with Crippen LogP contribution < -0.4 is 0 Å². The van der Waals surface area contributed by atoms with Gasteiger partial charge in [0.2, 0.25) is 0 Å². The summed E-state index contributed by atoms with van der Waals surface area (Å²) in [6.45, 7) is 4.28. The zero-order chi connectivity index (χ0) is 16.5. The predicted molar refractivity (Wildman–Crippen MR) is 89.2 cm³/mol. The molecule has 5 heteroatoms. The Morgan fingerprint density at radius 1 is 1.22 bits per heavy atom. The minimum absolute atomic E-state index is 0.000401. The van der Waals surface area contributed by atoms with Gasteiger partial charge < -0.3 is 19.5 Å². The van der Waals surface area contributed by atoms with Crippen molar-refractivity contribution in [2.45, 2.75) is 70.5 Å². The van der Waals surface area contributed by atoms with Crippen LogP contribution in [0, 0.1) is 5.92 Å². The summed E-state index contributed by atoms with van der Waals surface area (Å²) >= 11 is 0. The minimum Gasteiger partial charge on any atom is -0.395 e. The fourth-order valence-corrected chi connectivity index (χ4v) is 3.61. The first-order chi connectivity index (χ1) is 11.2. The smallest absolute Gasteiger partial charge is 0.251 e. The van der Waals surface area contributed by atoms with E-state index in [2.05, 4.69) is 0 Å². The molecule has 5 nitrogen and oxygen atoms in total. The molecule has 1 saturated carbocycles. The highest BCUT2D eigenvalue weighted by atomic mass is 16.5. The van der Waals surface area contributed by atoms with E-state index < -0.39 is 6.10 Å². The van der Waals surface area contributed by atoms with Crippen LogP contribution in [-0.2, 0) is 14.3 Å². The average Bonchev–Trinajstić information content (AvgIpc) is 2.60. The maximum Gasteiger partial charge on any atom is 0.251 e. The Morgan fingerprint density at radius 3 is 2.61 bits per heavy atom. The largest absolute Gasteiger partial charge is 0.395 e. The van der Waals surface area contributed by atoms with E-state index in [0.29, 0.717) is 19.1 Å². The molecular formula is C18H33NO4. The van der Waals surface area contributed by atoms with Gasteiger partial charge in [-0.1, -0.05) is 19.3 Å². The average molecular weight is 327 g/mol. The topological polar surface area (TPSA) is 59.0 Å². The monoisotopic (exact) mass is 327 g/mol. The van der Waals surface area contributed by atoms with Crippen molar-refractivity contribution in [3.05, 3.63) is 0 Å². The van der Waals surface area contributed by atoms with Crippen molar-refractivity contribution in [2.75, 3.05) is 32.9 Å². The van der Waals surface area contributed by atoms with Crippen LogP contribution in [0.3, 0.4) is 0 Å². The third-order valence-electron chi connectivity index (χ3n) is 5.04. The van der Waals surface area contributed by atoms with Gasteiger partial charge in [-0.25, -0.2) is 0 Å². The zero-order valence-electron chi connectivity index (χ0n) is 14.5. The normalized spacial score (nSPS) is 24.3. The molecule has 1 amide bonds. The van der Waals surface area contributed by atoms with Crippen LogP contribution in [0.1, 0.15) is 58.3 Å². The van der Waals surface area contributed by atoms with Crippen LogP contribution in [0.15, 0.2) is 0 Å². The molecule has 23 heavy (non-hydrogen) atoms. The zero-order valence-corrected chi connectivity index (χ0v) is 14.5. The first kappa shape index (κ1) is 18.7. The Labute approximate surface area is 140 Å². The van der Waals surface area contributed by atoms with Crippen molar-refractivity contribution >= 4 is 5.91 Å². The number of aliphatic hydroxyl groups excluding tert-OH is 1. The lowest BCUT2D eigenvalue weighted by Gasteiger charge is -2.31. The van der Waals surface area contributed by atoms with E-state index in [4.69, 9.17) is 9.47 Å². The maximum atomic E-state index is 12.6. The number of rotatable bonds is 8. The number of nitrogens with zero attached hydrogens (tertiary/aromatic N) is 1. The molecule has 0 aromatic rings. The molecular weight excluding hydrogens is 294 g/mol. The van der Waals surface area contributed by atoms with E-state index in [1.165, 1.54) is 38.5 Å². The lowest BCUT2D eigenvalue weighted by atomic mass is 9.89. The van der Waals surface area contributed by atoms with E-state index in [9.17, 15) is 9.90 Å². The predicted octanol–water partition coefficient (Wildman–Crippen LogP) is 2.36. The first-order valence-electron chi connectivity index (χ1n) is 9.33. The Kier molecular flexibility index (Phi) is 8.34. The van der Waals surface area contributed by atoms with Crippen molar-refractivity contribution in [2.24, 2.45) is 5.92 Å². The highest BCUT2D eigenvalue weighted by Crippen LogP contribution is 2.24. The SMILES string of the molecule is CC(OCC1CCCCO1)C(=O)N(CCO)CC1CCCCC1. The molecule has 2 unspecified atom stereocenters. The van der Waals surface area contributed by atoms with Crippen molar-refractivity contribution in [1.29, 1.82) is 0 Å². The van der Waals surface area contributed by atoms with Crippen LogP contribution in [0.2, 0.25) is 0 Å². The van der Waals surface area contributed by atoms with Gasteiger partial charge in [0, 0.05) is 19.7 Å². The quantitative estimate of drug-likeness (QED) is 0.743. The molecule has 2 rings (SSSR count). The third-order valence-corrected chi connectivity index (χ3v) is 5.04. The fraction of sp³-hybridized carbons (Fsp3) is 0.944. The van der Waals surface area contributed by atoms with Crippen molar-refractivity contribution in [1.82, 2.24) is 4.90 Å². The lowest BCUT2D eigenvalue weighted by molar-refractivity contribution is -0.147. The number of aliphatic hydroxyl groups is 1. The van der Waals surface area contributed by atoms with E-state index in [1.54, 1.807) is 4.90 Å². The number of ether oxygens (including phenoxy) is 2. The fourth-order valence-electron chi connectivity index (χ4n) is 3.61. The summed E-state index contributed by atoms with van der Waals surface area (Å²) < 4.78 is 11.4. The van der Waals surface area contributed by atoms with Gasteiger partial charge in [0.05, 0.1) is 19.3 Å². The molecule has 1 aliphatic heterocycles. The second-order valence-electron chi connectivity index (χ2n) is 6.98. The van der Waals surface area contributed by atoms with Gasteiger partial charge >= 0.3 is 0 Å². The summed E-state index contributed by atoms with van der Waals surface area (Å²) in [5.74, 6) is 0.577. The highest BCUT2D eigenvalue weighted by Gasteiger charge is 2.25. The van der Waals surface area contributed by atoms with Gasteiger partial charge in [-0.2, -0.15) is 0 Å². The molecule has 2 atom stereocenters. The molecule has 1 saturated heterocycles. The van der Waals surface area contributed by atoms with Gasteiger partial charge in [-0.05, 0) is 44.9 Å². The molecule has 0 radical (unpaired) electrons. The second kappa shape index (κ2) is 10.3. The molecule has 1 heterocycles. The van der Waals surface area contributed by atoms with Crippen molar-refractivity contribution in [3.63, 3.8) is 0 Å². The molecule has 134 valence electrons. The van der Waals surface area contributed by atoms with Crippen molar-refractivity contribution < 1.29 is 19.4 Å². The minimum atomic E-state index is -0.462. The number of carbonyl (C=O) groups excluding carboxylic acids is 1. The maximum absolute atomic E-state index is 12.6. The molecule has 0 bridgehead atoms. The highest BCUT2D eigenvalue weighted by molar-refractivity contribution is 5.80. The molecule has 0 aromatic heterocycles. The van der Waals surface area contributed by atoms with Crippen molar-refractivity contribution in [3.8, 4) is 0 Å².